The van der Waals surface area contributed by atoms with Crippen molar-refractivity contribution in [2.45, 2.75) is 25.3 Å². The molecule has 148 valence electrons. The molecule has 1 atom stereocenters. The molecule has 3 aromatic rings. The van der Waals surface area contributed by atoms with E-state index >= 15 is 0 Å². The van der Waals surface area contributed by atoms with Crippen LogP contribution < -0.4 is 5.73 Å². The van der Waals surface area contributed by atoms with E-state index in [4.69, 9.17) is 10.7 Å². The lowest BCUT2D eigenvalue weighted by molar-refractivity contribution is 0.0625. The van der Waals surface area contributed by atoms with Crippen molar-refractivity contribution < 1.29 is 4.79 Å². The van der Waals surface area contributed by atoms with Crippen LogP contribution in [0.2, 0.25) is 0 Å². The van der Waals surface area contributed by atoms with Gasteiger partial charge >= 0.3 is 0 Å². The molecule has 1 fully saturated rings. The summed E-state index contributed by atoms with van der Waals surface area (Å²) < 4.78 is 0. The Bertz CT molecular complexity index is 933. The van der Waals surface area contributed by atoms with Gasteiger partial charge in [0, 0.05) is 30.1 Å². The van der Waals surface area contributed by atoms with Gasteiger partial charge in [0.2, 0.25) is 0 Å². The highest BCUT2D eigenvalue weighted by Gasteiger charge is 2.28. The maximum Gasteiger partial charge on any atom is 0.254 e. The van der Waals surface area contributed by atoms with Crippen LogP contribution in [-0.4, -0.2) is 34.9 Å². The van der Waals surface area contributed by atoms with Gasteiger partial charge in [-0.3, -0.25) is 4.79 Å². The van der Waals surface area contributed by atoms with Crippen molar-refractivity contribution in [2.24, 2.45) is 5.73 Å². The Morgan fingerprint density at radius 1 is 1.04 bits per heavy atom. The van der Waals surface area contributed by atoms with Gasteiger partial charge in [0.15, 0.2) is 0 Å². The summed E-state index contributed by atoms with van der Waals surface area (Å²) in [6.45, 7) is 1.29. The molecule has 2 N–H and O–H groups in total. The summed E-state index contributed by atoms with van der Waals surface area (Å²) in [5.74, 6) is 0.0657. The number of rotatable bonds is 3. The van der Waals surface area contributed by atoms with Gasteiger partial charge in [-0.1, -0.05) is 48.5 Å². The molecular weight excluding hydrogens is 393 g/mol. The van der Waals surface area contributed by atoms with E-state index in [-0.39, 0.29) is 36.8 Å². The Hall–Kier alpha value is -2.14. The number of pyridine rings is 1. The molecule has 6 heteroatoms. The van der Waals surface area contributed by atoms with Crippen molar-refractivity contribution in [3.05, 3.63) is 66.2 Å². The maximum absolute atomic E-state index is 13.4. The molecule has 1 aliphatic heterocycles. The second-order valence-corrected chi connectivity index (χ2v) is 6.82. The SMILES string of the molecule is Cl.Cl.NCC1CCCCN1C(=O)c1cc(-c2ccccc2)nc2ccccc12. The zero-order valence-corrected chi connectivity index (χ0v) is 17.2. The summed E-state index contributed by atoms with van der Waals surface area (Å²) >= 11 is 0. The van der Waals surface area contributed by atoms with Gasteiger partial charge in [0.25, 0.3) is 5.91 Å². The highest BCUT2D eigenvalue weighted by Crippen LogP contribution is 2.27. The number of likely N-dealkylation sites (tertiary alicyclic amines) is 1. The number of nitrogens with zero attached hydrogens (tertiary/aromatic N) is 2. The zero-order valence-electron chi connectivity index (χ0n) is 15.6. The van der Waals surface area contributed by atoms with Crippen LogP contribution in [0.1, 0.15) is 29.6 Å². The molecule has 1 saturated heterocycles. The first-order valence-electron chi connectivity index (χ1n) is 9.24. The Kier molecular flexibility index (Phi) is 7.81. The third kappa shape index (κ3) is 4.30. The standard InChI is InChI=1S/C22H23N3O.2ClH/c23-15-17-10-6-7-13-25(17)22(26)19-14-21(16-8-2-1-3-9-16)24-20-12-5-4-11-18(19)20;;/h1-5,8-9,11-12,14,17H,6-7,10,13,15,23H2;2*1H. The van der Waals surface area contributed by atoms with Gasteiger partial charge in [-0.15, -0.1) is 24.8 Å². The molecule has 1 amide bonds. The first kappa shape index (κ1) is 22.2. The Balaban J connectivity index is 0.00000140. The number of carbonyl (C=O) groups excluding carboxylic acids is 1. The molecule has 28 heavy (non-hydrogen) atoms. The number of para-hydroxylation sites is 1. The highest BCUT2D eigenvalue weighted by atomic mass is 35.5. The smallest absolute Gasteiger partial charge is 0.254 e. The number of nitrogens with two attached hydrogens (primary N) is 1. The van der Waals surface area contributed by atoms with Crippen LogP contribution >= 0.6 is 24.8 Å². The fraction of sp³-hybridized carbons (Fsp3) is 0.273. The van der Waals surface area contributed by atoms with Crippen molar-refractivity contribution in [1.29, 1.82) is 0 Å². The van der Waals surface area contributed by atoms with Crippen molar-refractivity contribution in [1.82, 2.24) is 9.88 Å². The summed E-state index contributed by atoms with van der Waals surface area (Å²) in [5.41, 5.74) is 9.34. The van der Waals surface area contributed by atoms with Crippen molar-refractivity contribution in [3.63, 3.8) is 0 Å². The first-order chi connectivity index (χ1) is 12.8. The van der Waals surface area contributed by atoms with E-state index in [1.54, 1.807) is 0 Å². The molecule has 1 aliphatic rings. The number of halogens is 2. The summed E-state index contributed by atoms with van der Waals surface area (Å²) in [7, 11) is 0. The minimum Gasteiger partial charge on any atom is -0.334 e. The normalized spacial score (nSPS) is 16.2. The van der Waals surface area contributed by atoms with Gasteiger partial charge in [-0.25, -0.2) is 4.98 Å². The summed E-state index contributed by atoms with van der Waals surface area (Å²) in [4.78, 5) is 20.1. The van der Waals surface area contributed by atoms with Crippen molar-refractivity contribution in [3.8, 4) is 11.3 Å². The summed E-state index contributed by atoms with van der Waals surface area (Å²) in [6.07, 6.45) is 3.16. The van der Waals surface area contributed by atoms with Gasteiger partial charge in [0.1, 0.15) is 0 Å². The van der Waals surface area contributed by atoms with Gasteiger partial charge < -0.3 is 10.6 Å². The van der Waals surface area contributed by atoms with E-state index in [0.717, 1.165) is 53.5 Å². The van der Waals surface area contributed by atoms with E-state index in [2.05, 4.69) is 0 Å². The second-order valence-electron chi connectivity index (χ2n) is 6.82. The van der Waals surface area contributed by atoms with E-state index in [9.17, 15) is 4.79 Å². The molecule has 0 spiro atoms. The van der Waals surface area contributed by atoms with Gasteiger partial charge in [-0.2, -0.15) is 0 Å². The quantitative estimate of drug-likeness (QED) is 0.671. The molecule has 0 aliphatic carbocycles. The molecule has 2 heterocycles. The van der Waals surface area contributed by atoms with E-state index in [0.29, 0.717) is 6.54 Å². The number of hydrogen-bond donors (Lipinski definition) is 1. The predicted molar refractivity (Wildman–Crippen MR) is 119 cm³/mol. The van der Waals surface area contributed by atoms with E-state index in [1.807, 2.05) is 65.6 Å². The number of benzene rings is 2. The number of carbonyl (C=O) groups is 1. The average molecular weight is 418 g/mol. The lowest BCUT2D eigenvalue weighted by Crippen LogP contribution is -2.47. The second kappa shape index (κ2) is 9.87. The van der Waals surface area contributed by atoms with Gasteiger partial charge in [-0.05, 0) is 31.4 Å². The largest absolute Gasteiger partial charge is 0.334 e. The minimum absolute atomic E-state index is 0. The molecule has 0 radical (unpaired) electrons. The Labute approximate surface area is 178 Å². The zero-order chi connectivity index (χ0) is 17.9. The van der Waals surface area contributed by atoms with Gasteiger partial charge in [0.05, 0.1) is 16.8 Å². The van der Waals surface area contributed by atoms with Crippen molar-refractivity contribution >= 4 is 41.6 Å². The van der Waals surface area contributed by atoms with Crippen LogP contribution in [0.4, 0.5) is 0 Å². The third-order valence-corrected chi connectivity index (χ3v) is 5.18. The Morgan fingerprint density at radius 3 is 2.50 bits per heavy atom. The lowest BCUT2D eigenvalue weighted by atomic mass is 9.98. The summed E-state index contributed by atoms with van der Waals surface area (Å²) in [6, 6.07) is 19.9. The lowest BCUT2D eigenvalue weighted by Gasteiger charge is -2.35. The molecular formula is C22H25Cl2N3O. The fourth-order valence-electron chi connectivity index (χ4n) is 3.78. The number of amides is 1. The predicted octanol–water partition coefficient (Wildman–Crippen LogP) is 4.70. The summed E-state index contributed by atoms with van der Waals surface area (Å²) in [5, 5.41) is 0.901. The first-order valence-corrected chi connectivity index (χ1v) is 9.24. The molecule has 4 rings (SSSR count). The topological polar surface area (TPSA) is 59.2 Å². The van der Waals surface area contributed by atoms with E-state index < -0.39 is 0 Å². The monoisotopic (exact) mass is 417 g/mol. The van der Waals surface area contributed by atoms with Crippen molar-refractivity contribution in [2.75, 3.05) is 13.1 Å². The molecule has 0 bridgehead atoms. The average Bonchev–Trinajstić information content (AvgIpc) is 2.73. The molecule has 0 saturated carbocycles. The molecule has 4 nitrogen and oxygen atoms in total. The third-order valence-electron chi connectivity index (χ3n) is 5.18. The molecule has 1 aromatic heterocycles. The maximum atomic E-state index is 13.4. The number of hydrogen-bond acceptors (Lipinski definition) is 3. The van der Waals surface area contributed by atoms with Crippen LogP contribution in [0.15, 0.2) is 60.7 Å². The van der Waals surface area contributed by atoms with Crippen LogP contribution in [-0.2, 0) is 0 Å². The van der Waals surface area contributed by atoms with Crippen LogP contribution in [0.5, 0.6) is 0 Å². The fourth-order valence-corrected chi connectivity index (χ4v) is 3.78. The highest BCUT2D eigenvalue weighted by molar-refractivity contribution is 6.07. The molecule has 2 aromatic carbocycles. The van der Waals surface area contributed by atoms with E-state index in [1.165, 1.54) is 0 Å². The van der Waals surface area contributed by atoms with Crippen LogP contribution in [0, 0.1) is 0 Å². The number of aromatic nitrogens is 1. The Morgan fingerprint density at radius 2 is 1.75 bits per heavy atom. The number of piperidine rings is 1. The number of fused-ring (bicyclic) bond motifs is 1. The van der Waals surface area contributed by atoms with Crippen LogP contribution in [0.3, 0.4) is 0 Å². The van der Waals surface area contributed by atoms with Crippen LogP contribution in [0.25, 0.3) is 22.2 Å². The minimum atomic E-state index is 0. The molecule has 1 unspecified atom stereocenters.